The number of ketones is 1. The third-order valence-corrected chi connectivity index (χ3v) is 7.32. The van der Waals surface area contributed by atoms with Gasteiger partial charge in [0.05, 0.1) is 6.54 Å². The van der Waals surface area contributed by atoms with Gasteiger partial charge in [-0.3, -0.25) is 14.5 Å². The number of hydrogen-bond acceptors (Lipinski definition) is 3. The molecule has 1 spiro atoms. The number of aromatic nitrogens is 1. The molecule has 0 radical (unpaired) electrons. The second-order valence-electron chi connectivity index (χ2n) is 9.44. The van der Waals surface area contributed by atoms with E-state index in [4.69, 9.17) is 0 Å². The zero-order valence-corrected chi connectivity index (χ0v) is 19.6. The van der Waals surface area contributed by atoms with Crippen LogP contribution in [0.25, 0.3) is 0 Å². The number of rotatable bonds is 6. The number of aryl methyl sites for hydroxylation is 3. The lowest BCUT2D eigenvalue weighted by Crippen LogP contribution is -2.51. The summed E-state index contributed by atoms with van der Waals surface area (Å²) >= 11 is 0. The molecule has 6 heteroatoms. The number of nitrogens with one attached hydrogen (secondary N) is 1. The molecule has 174 valence electrons. The maximum atomic E-state index is 13.4. The summed E-state index contributed by atoms with van der Waals surface area (Å²) in [6.07, 6.45) is 2.61. The van der Waals surface area contributed by atoms with E-state index in [-0.39, 0.29) is 18.2 Å². The summed E-state index contributed by atoms with van der Waals surface area (Å²) in [7, 11) is 0. The van der Waals surface area contributed by atoms with Crippen LogP contribution in [-0.4, -0.2) is 39.3 Å². The van der Waals surface area contributed by atoms with E-state index in [1.807, 2.05) is 56.3 Å². The summed E-state index contributed by atoms with van der Waals surface area (Å²) in [6.45, 7) is 4.44. The van der Waals surface area contributed by atoms with Crippen molar-refractivity contribution in [2.75, 3.05) is 6.54 Å². The van der Waals surface area contributed by atoms with Crippen LogP contribution in [0.1, 0.15) is 44.9 Å². The Labute approximate surface area is 199 Å². The predicted molar refractivity (Wildman–Crippen MR) is 130 cm³/mol. The smallest absolute Gasteiger partial charge is 0.325 e. The van der Waals surface area contributed by atoms with Crippen LogP contribution in [0.5, 0.6) is 0 Å². The average molecular weight is 456 g/mol. The van der Waals surface area contributed by atoms with Gasteiger partial charge in [0.15, 0.2) is 5.78 Å². The lowest BCUT2D eigenvalue weighted by Gasteiger charge is -2.32. The van der Waals surface area contributed by atoms with Crippen molar-refractivity contribution in [1.82, 2.24) is 14.8 Å². The molecule has 1 N–H and O–H groups in total. The number of amides is 3. The minimum Gasteiger partial charge on any atom is -0.348 e. The first-order valence-electron chi connectivity index (χ1n) is 11.8. The largest absolute Gasteiger partial charge is 0.348 e. The van der Waals surface area contributed by atoms with Crippen LogP contribution >= 0.6 is 0 Å². The molecule has 1 fully saturated rings. The highest BCUT2D eigenvalue weighted by Crippen LogP contribution is 2.33. The van der Waals surface area contributed by atoms with E-state index in [0.29, 0.717) is 18.4 Å². The van der Waals surface area contributed by atoms with Crippen LogP contribution < -0.4 is 5.32 Å². The number of fused-ring (bicyclic) bond motifs is 1. The van der Waals surface area contributed by atoms with Crippen molar-refractivity contribution in [2.24, 2.45) is 0 Å². The Hall–Kier alpha value is -3.67. The number of Topliss-reactive ketones (excluding diaryl/α,β-unsaturated/α-hetero) is 1. The molecule has 6 nitrogen and oxygen atoms in total. The van der Waals surface area contributed by atoms with Crippen molar-refractivity contribution in [2.45, 2.75) is 51.6 Å². The van der Waals surface area contributed by atoms with Gasteiger partial charge < -0.3 is 9.88 Å². The van der Waals surface area contributed by atoms with Gasteiger partial charge in [-0.1, -0.05) is 54.6 Å². The predicted octanol–water partition coefficient (Wildman–Crippen LogP) is 4.01. The molecule has 1 saturated heterocycles. The van der Waals surface area contributed by atoms with Crippen LogP contribution in [0.15, 0.2) is 60.7 Å². The minimum absolute atomic E-state index is 0.212. The Balaban J connectivity index is 1.31. The molecule has 2 heterocycles. The van der Waals surface area contributed by atoms with Crippen molar-refractivity contribution in [3.8, 4) is 0 Å². The summed E-state index contributed by atoms with van der Waals surface area (Å²) in [5.41, 5.74) is 5.02. The van der Waals surface area contributed by atoms with Gasteiger partial charge in [0.25, 0.3) is 5.91 Å². The highest BCUT2D eigenvalue weighted by atomic mass is 16.2. The lowest BCUT2D eigenvalue weighted by atomic mass is 9.78. The van der Waals surface area contributed by atoms with E-state index in [1.165, 1.54) is 11.1 Å². The molecule has 3 aromatic rings. The topological polar surface area (TPSA) is 71.4 Å². The fourth-order valence-corrected chi connectivity index (χ4v) is 5.39. The Kier molecular flexibility index (Phi) is 5.60. The molecule has 3 amide bonds. The van der Waals surface area contributed by atoms with Gasteiger partial charge in [-0.2, -0.15) is 0 Å². The fourth-order valence-electron chi connectivity index (χ4n) is 5.39. The SMILES string of the molecule is Cc1cc(C(=O)CN2C(=O)NC3(CCc4ccccc4C3)C2=O)c(C)n1CCc1ccccc1. The molecule has 2 aromatic carbocycles. The molecule has 1 aliphatic heterocycles. The van der Waals surface area contributed by atoms with Gasteiger partial charge in [0.2, 0.25) is 0 Å². The number of imide groups is 1. The molecule has 0 saturated carbocycles. The Morgan fingerprint density at radius 2 is 1.71 bits per heavy atom. The van der Waals surface area contributed by atoms with Crippen LogP contribution in [-0.2, 0) is 30.6 Å². The normalized spacial score (nSPS) is 19.4. The molecule has 2 aliphatic rings. The quantitative estimate of drug-likeness (QED) is 0.451. The molecule has 0 bridgehead atoms. The number of carbonyl (C=O) groups is 3. The van der Waals surface area contributed by atoms with Crippen LogP contribution in [0.2, 0.25) is 0 Å². The zero-order chi connectivity index (χ0) is 23.9. The summed E-state index contributed by atoms with van der Waals surface area (Å²) in [6, 6.07) is 19.6. The maximum absolute atomic E-state index is 13.4. The van der Waals surface area contributed by atoms with E-state index >= 15 is 0 Å². The van der Waals surface area contributed by atoms with E-state index in [9.17, 15) is 14.4 Å². The van der Waals surface area contributed by atoms with Crippen LogP contribution in [0, 0.1) is 13.8 Å². The van der Waals surface area contributed by atoms with E-state index < -0.39 is 11.6 Å². The highest BCUT2D eigenvalue weighted by Gasteiger charge is 2.52. The summed E-state index contributed by atoms with van der Waals surface area (Å²) in [5.74, 6) is -0.506. The van der Waals surface area contributed by atoms with Gasteiger partial charge in [-0.25, -0.2) is 4.79 Å². The first-order valence-corrected chi connectivity index (χ1v) is 11.8. The molecular weight excluding hydrogens is 426 g/mol. The first-order chi connectivity index (χ1) is 16.4. The summed E-state index contributed by atoms with van der Waals surface area (Å²) in [5, 5.41) is 2.92. The minimum atomic E-state index is -0.946. The number of hydrogen-bond donors (Lipinski definition) is 1. The number of nitrogens with zero attached hydrogens (tertiary/aromatic N) is 2. The van der Waals surface area contributed by atoms with Crippen molar-refractivity contribution in [3.05, 3.63) is 94.3 Å². The molecule has 1 atom stereocenters. The molecule has 1 unspecified atom stereocenters. The Morgan fingerprint density at radius 3 is 2.47 bits per heavy atom. The Morgan fingerprint density at radius 1 is 1.00 bits per heavy atom. The second-order valence-corrected chi connectivity index (χ2v) is 9.44. The van der Waals surface area contributed by atoms with E-state index in [2.05, 4.69) is 28.1 Å². The first kappa shape index (κ1) is 22.1. The number of urea groups is 1. The fraction of sp³-hybridized carbons (Fsp3) is 0.321. The van der Waals surface area contributed by atoms with Crippen molar-refractivity contribution in [1.29, 1.82) is 0 Å². The molecule has 5 rings (SSSR count). The number of carbonyl (C=O) groups excluding carboxylic acids is 3. The average Bonchev–Trinajstić information content (AvgIpc) is 3.25. The third kappa shape index (κ3) is 3.83. The number of benzene rings is 2. The summed E-state index contributed by atoms with van der Waals surface area (Å²) < 4.78 is 2.13. The van der Waals surface area contributed by atoms with E-state index in [0.717, 1.165) is 41.2 Å². The molecule has 34 heavy (non-hydrogen) atoms. The van der Waals surface area contributed by atoms with Crippen molar-refractivity contribution < 1.29 is 14.4 Å². The second kappa shape index (κ2) is 8.60. The Bertz CT molecular complexity index is 1280. The maximum Gasteiger partial charge on any atom is 0.325 e. The van der Waals surface area contributed by atoms with Crippen molar-refractivity contribution in [3.63, 3.8) is 0 Å². The third-order valence-electron chi connectivity index (χ3n) is 7.32. The summed E-state index contributed by atoms with van der Waals surface area (Å²) in [4.78, 5) is 40.5. The highest BCUT2D eigenvalue weighted by molar-refractivity contribution is 6.11. The molecular formula is C28H29N3O3. The molecule has 1 aliphatic carbocycles. The van der Waals surface area contributed by atoms with Gasteiger partial charge >= 0.3 is 6.03 Å². The van der Waals surface area contributed by atoms with Gasteiger partial charge in [-0.05, 0) is 55.9 Å². The zero-order valence-electron chi connectivity index (χ0n) is 19.6. The standard InChI is InChI=1S/C28H29N3O3/c1-19-16-24(20(2)30(19)15-13-21-8-4-3-5-9-21)25(32)18-31-26(33)28(29-27(31)34)14-12-22-10-6-7-11-23(22)17-28/h3-11,16H,12-15,17-18H2,1-2H3,(H,29,34). The van der Waals surface area contributed by atoms with Crippen LogP contribution in [0.3, 0.4) is 0 Å². The van der Waals surface area contributed by atoms with E-state index in [1.54, 1.807) is 0 Å². The lowest BCUT2D eigenvalue weighted by molar-refractivity contribution is -0.131. The van der Waals surface area contributed by atoms with Crippen LogP contribution in [0.4, 0.5) is 4.79 Å². The van der Waals surface area contributed by atoms with Crippen molar-refractivity contribution >= 4 is 17.7 Å². The van der Waals surface area contributed by atoms with Gasteiger partial charge in [0.1, 0.15) is 5.54 Å². The van der Waals surface area contributed by atoms with Gasteiger partial charge in [-0.15, -0.1) is 0 Å². The van der Waals surface area contributed by atoms with Gasteiger partial charge in [0, 0.05) is 29.9 Å². The monoisotopic (exact) mass is 455 g/mol. The molecule has 1 aromatic heterocycles.